The maximum absolute atomic E-state index is 12.8. The van der Waals surface area contributed by atoms with Crippen LogP contribution in [0, 0.1) is 0 Å². The fourth-order valence-electron chi connectivity index (χ4n) is 2.61. The van der Waals surface area contributed by atoms with Gasteiger partial charge in [-0.25, -0.2) is 9.59 Å². The lowest BCUT2D eigenvalue weighted by Gasteiger charge is -2.11. The molecule has 2 heterocycles. The van der Waals surface area contributed by atoms with Gasteiger partial charge in [0.05, 0.1) is 34.6 Å². The molecule has 1 saturated heterocycles. The van der Waals surface area contributed by atoms with Crippen LogP contribution in [-0.4, -0.2) is 48.8 Å². The minimum atomic E-state index is -0.652. The van der Waals surface area contributed by atoms with E-state index in [-0.39, 0.29) is 29.6 Å². The molecule has 0 spiro atoms. The number of thioether (sulfide) groups is 1. The van der Waals surface area contributed by atoms with Crippen molar-refractivity contribution in [2.24, 2.45) is 0 Å². The van der Waals surface area contributed by atoms with E-state index in [4.69, 9.17) is 9.15 Å². The van der Waals surface area contributed by atoms with Gasteiger partial charge in [0.1, 0.15) is 11.5 Å². The Morgan fingerprint density at radius 1 is 1.12 bits per heavy atom. The Balaban J connectivity index is 1.76. The van der Waals surface area contributed by atoms with Crippen molar-refractivity contribution < 1.29 is 37.8 Å². The number of methoxy groups -OCH3 is 2. The summed E-state index contributed by atoms with van der Waals surface area (Å²) < 4.78 is 20.9. The predicted molar refractivity (Wildman–Crippen MR) is 121 cm³/mol. The van der Waals surface area contributed by atoms with Crippen molar-refractivity contribution in [3.8, 4) is 5.75 Å². The van der Waals surface area contributed by atoms with Crippen LogP contribution in [0.15, 0.2) is 42.5 Å². The quantitative estimate of drug-likeness (QED) is 0.343. The second kappa shape index (κ2) is 10.4. The lowest BCUT2D eigenvalue weighted by atomic mass is 10.2. The summed E-state index contributed by atoms with van der Waals surface area (Å²) in [6, 6.07) is 6.27. The first kappa shape index (κ1) is 24.1. The summed E-state index contributed by atoms with van der Waals surface area (Å²) in [4.78, 5) is 49.1. The number of hydrogen-bond donors (Lipinski definition) is 0. The second-order valence-electron chi connectivity index (χ2n) is 6.20. The summed E-state index contributed by atoms with van der Waals surface area (Å²) in [6.07, 6.45) is 1.56. The van der Waals surface area contributed by atoms with Gasteiger partial charge in [-0.2, -0.15) is 0 Å². The Bertz CT molecular complexity index is 1100. The lowest BCUT2D eigenvalue weighted by molar-refractivity contribution is -0.143. The predicted octanol–water partition coefficient (Wildman–Crippen LogP) is 4.38. The van der Waals surface area contributed by atoms with Crippen LogP contribution in [-0.2, 0) is 25.6 Å². The van der Waals surface area contributed by atoms with Crippen molar-refractivity contribution in [2.75, 3.05) is 20.8 Å². The molecule has 3 rings (SSSR count). The van der Waals surface area contributed by atoms with Gasteiger partial charge in [-0.1, -0.05) is 0 Å². The zero-order valence-electron chi connectivity index (χ0n) is 16.7. The molecule has 1 aromatic carbocycles. The Kier molecular flexibility index (Phi) is 7.80. The molecule has 0 aliphatic carbocycles. The number of carbonyl (C=O) groups is 4. The molecule has 0 unspecified atom stereocenters. The molecule has 0 saturated carbocycles. The van der Waals surface area contributed by atoms with E-state index in [9.17, 15) is 19.2 Å². The van der Waals surface area contributed by atoms with Gasteiger partial charge < -0.3 is 18.6 Å². The highest BCUT2D eigenvalue weighted by atomic mass is 79.9. The molecule has 0 atom stereocenters. The van der Waals surface area contributed by atoms with Crippen LogP contribution in [0.2, 0.25) is 0 Å². The number of carbonyl (C=O) groups excluding carboxylic acids is 4. The van der Waals surface area contributed by atoms with Crippen molar-refractivity contribution in [1.29, 1.82) is 0 Å². The summed E-state index contributed by atoms with van der Waals surface area (Å²) in [5.41, 5.74) is 0.616. The van der Waals surface area contributed by atoms with Gasteiger partial charge in [0.15, 0.2) is 6.61 Å². The first-order valence-corrected chi connectivity index (χ1v) is 11.2. The Labute approximate surface area is 203 Å². The molecule has 32 heavy (non-hydrogen) atoms. The molecular formula is C20H15Br2NO8S. The fraction of sp³-hybridized carbons (Fsp3) is 0.200. The molecule has 12 heteroatoms. The summed E-state index contributed by atoms with van der Waals surface area (Å²) in [5.74, 6) is -1.04. The fourth-order valence-corrected chi connectivity index (χ4v) is 4.90. The maximum Gasteiger partial charge on any atom is 0.373 e. The summed E-state index contributed by atoms with van der Waals surface area (Å²) in [7, 11) is 2.48. The summed E-state index contributed by atoms with van der Waals surface area (Å²) in [6.45, 7) is -0.386. The molecule has 2 amide bonds. The molecule has 1 aliphatic rings. The minimum Gasteiger partial charge on any atom is -0.480 e. The highest BCUT2D eigenvalue weighted by molar-refractivity contribution is 9.11. The molecule has 1 aliphatic heterocycles. The SMILES string of the molecule is COC(=O)COc1c(Br)cc(/C=C2/SC(=O)N(Cc3ccc(C(=O)OC)o3)C2=O)cc1Br. The number of furan rings is 1. The van der Waals surface area contributed by atoms with Crippen LogP contribution in [0.1, 0.15) is 21.9 Å². The van der Waals surface area contributed by atoms with Gasteiger partial charge in [-0.3, -0.25) is 14.5 Å². The van der Waals surface area contributed by atoms with Gasteiger partial charge in [-0.05, 0) is 79.5 Å². The molecule has 1 fully saturated rings. The number of rotatable bonds is 7. The topological polar surface area (TPSA) is 112 Å². The Morgan fingerprint density at radius 3 is 2.44 bits per heavy atom. The Morgan fingerprint density at radius 2 is 1.81 bits per heavy atom. The monoisotopic (exact) mass is 587 g/mol. The number of esters is 2. The number of halogens is 2. The van der Waals surface area contributed by atoms with Crippen molar-refractivity contribution in [1.82, 2.24) is 4.90 Å². The zero-order chi connectivity index (χ0) is 23.4. The molecule has 0 bridgehead atoms. The average molecular weight is 589 g/mol. The van der Waals surface area contributed by atoms with Crippen molar-refractivity contribution in [3.05, 3.63) is 55.2 Å². The number of ether oxygens (including phenoxy) is 3. The number of imide groups is 1. The molecule has 2 aromatic rings. The molecule has 1 aromatic heterocycles. The van der Waals surface area contributed by atoms with E-state index < -0.39 is 23.1 Å². The van der Waals surface area contributed by atoms with Gasteiger partial charge in [0.25, 0.3) is 11.1 Å². The largest absolute Gasteiger partial charge is 0.480 e. The van der Waals surface area contributed by atoms with Crippen molar-refractivity contribution in [2.45, 2.75) is 6.54 Å². The van der Waals surface area contributed by atoms with Crippen LogP contribution < -0.4 is 4.74 Å². The maximum atomic E-state index is 12.8. The third-order valence-electron chi connectivity index (χ3n) is 4.12. The van der Waals surface area contributed by atoms with Crippen molar-refractivity contribution >= 4 is 72.8 Å². The van der Waals surface area contributed by atoms with Crippen LogP contribution >= 0.6 is 43.6 Å². The second-order valence-corrected chi connectivity index (χ2v) is 8.91. The summed E-state index contributed by atoms with van der Waals surface area (Å²) >= 11 is 7.52. The first-order valence-electron chi connectivity index (χ1n) is 8.84. The van der Waals surface area contributed by atoms with Crippen LogP contribution in [0.3, 0.4) is 0 Å². The smallest absolute Gasteiger partial charge is 0.373 e. The Hall–Kier alpha value is -2.57. The zero-order valence-corrected chi connectivity index (χ0v) is 20.7. The van der Waals surface area contributed by atoms with Crippen molar-refractivity contribution in [3.63, 3.8) is 0 Å². The summed E-state index contributed by atoms with van der Waals surface area (Å²) in [5, 5.41) is -0.464. The van der Waals surface area contributed by atoms with Crippen LogP contribution in [0.25, 0.3) is 6.08 Å². The lowest BCUT2D eigenvalue weighted by Crippen LogP contribution is -2.27. The van der Waals surface area contributed by atoms with Gasteiger partial charge in [-0.15, -0.1) is 0 Å². The van der Waals surface area contributed by atoms with E-state index in [2.05, 4.69) is 41.3 Å². The number of benzene rings is 1. The molecular weight excluding hydrogens is 574 g/mol. The van der Waals surface area contributed by atoms with E-state index in [1.165, 1.54) is 26.4 Å². The van der Waals surface area contributed by atoms with Crippen LogP contribution in [0.4, 0.5) is 4.79 Å². The number of nitrogens with zero attached hydrogens (tertiary/aromatic N) is 1. The minimum absolute atomic E-state index is 0.0192. The van der Waals surface area contributed by atoms with E-state index >= 15 is 0 Å². The highest BCUT2D eigenvalue weighted by Gasteiger charge is 2.36. The molecule has 9 nitrogen and oxygen atoms in total. The van der Waals surface area contributed by atoms with E-state index in [1.807, 2.05) is 0 Å². The number of amides is 2. The number of hydrogen-bond acceptors (Lipinski definition) is 9. The van der Waals surface area contributed by atoms with Crippen LogP contribution in [0.5, 0.6) is 5.75 Å². The van der Waals surface area contributed by atoms with E-state index in [0.717, 1.165) is 16.7 Å². The van der Waals surface area contributed by atoms with Gasteiger partial charge in [0.2, 0.25) is 5.76 Å². The van der Waals surface area contributed by atoms with Gasteiger partial charge in [0, 0.05) is 0 Å². The third kappa shape index (κ3) is 5.43. The third-order valence-corrected chi connectivity index (χ3v) is 6.20. The van der Waals surface area contributed by atoms with E-state index in [0.29, 0.717) is 20.3 Å². The highest BCUT2D eigenvalue weighted by Crippen LogP contribution is 2.38. The van der Waals surface area contributed by atoms with Gasteiger partial charge >= 0.3 is 11.9 Å². The first-order chi connectivity index (χ1) is 15.2. The molecule has 0 radical (unpaired) electrons. The standard InChI is InChI=1S/C20H15Br2NO8S/c1-28-16(24)9-30-17-12(21)5-10(6-13(17)22)7-15-18(25)23(20(27)32-15)8-11-3-4-14(31-11)19(26)29-2/h3-7H,8-9H2,1-2H3/b15-7+. The molecule has 0 N–H and O–H groups in total. The van der Waals surface area contributed by atoms with E-state index in [1.54, 1.807) is 18.2 Å². The molecule has 168 valence electrons. The average Bonchev–Trinajstić information content (AvgIpc) is 3.33. The normalized spacial score (nSPS) is 14.8.